The van der Waals surface area contributed by atoms with Crippen LogP contribution >= 0.6 is 0 Å². The number of nitrogens with two attached hydrogens (primary N) is 1. The van der Waals surface area contributed by atoms with E-state index in [1.807, 2.05) is 0 Å². The minimum Gasteiger partial charge on any atom is -0.327 e. The van der Waals surface area contributed by atoms with Crippen LogP contribution in [0.4, 0.5) is 0 Å². The van der Waals surface area contributed by atoms with E-state index in [1.54, 1.807) is 5.57 Å². The third-order valence-corrected chi connectivity index (χ3v) is 10.4. The van der Waals surface area contributed by atoms with E-state index < -0.39 is 0 Å². The van der Waals surface area contributed by atoms with E-state index in [2.05, 4.69) is 33.8 Å². The van der Waals surface area contributed by atoms with Gasteiger partial charge in [-0.1, -0.05) is 65.0 Å². The molecule has 3 fully saturated rings. The van der Waals surface area contributed by atoms with E-state index in [9.17, 15) is 0 Å². The summed E-state index contributed by atoms with van der Waals surface area (Å²) in [6.07, 6.45) is 21.1. The maximum Gasteiger partial charge on any atom is 0.00766 e. The van der Waals surface area contributed by atoms with Crippen LogP contribution in [0.5, 0.6) is 0 Å². The summed E-state index contributed by atoms with van der Waals surface area (Å²) in [5.74, 6) is 4.84. The minimum atomic E-state index is 0.427. The van der Waals surface area contributed by atoms with E-state index in [0.717, 1.165) is 29.6 Å². The normalized spacial score (nSPS) is 46.3. The number of fused-ring (bicyclic) bond motifs is 5. The Hall–Kier alpha value is -0.300. The van der Waals surface area contributed by atoms with Gasteiger partial charge in [0, 0.05) is 6.04 Å². The van der Waals surface area contributed by atoms with E-state index in [4.69, 9.17) is 5.73 Å². The second-order valence-corrected chi connectivity index (χ2v) is 11.9. The Morgan fingerprint density at radius 3 is 2.68 bits per heavy atom. The fourth-order valence-electron chi connectivity index (χ4n) is 8.62. The molecule has 4 aliphatic carbocycles. The Morgan fingerprint density at radius 2 is 1.89 bits per heavy atom. The molecule has 8 unspecified atom stereocenters. The first-order chi connectivity index (χ1) is 13.4. The maximum atomic E-state index is 6.34. The van der Waals surface area contributed by atoms with E-state index in [1.165, 1.54) is 83.5 Å². The molecule has 0 spiro atoms. The number of hydrogen-bond acceptors (Lipinski definition) is 1. The zero-order valence-corrected chi connectivity index (χ0v) is 19.3. The van der Waals surface area contributed by atoms with Crippen molar-refractivity contribution in [2.45, 2.75) is 117 Å². The van der Waals surface area contributed by atoms with Gasteiger partial charge in [0.15, 0.2) is 0 Å². The number of allylic oxidation sites excluding steroid dienone is 1. The van der Waals surface area contributed by atoms with E-state index in [0.29, 0.717) is 16.9 Å². The van der Waals surface area contributed by atoms with Gasteiger partial charge < -0.3 is 5.73 Å². The summed E-state index contributed by atoms with van der Waals surface area (Å²) in [6, 6.07) is 0.427. The molecule has 0 saturated heterocycles. The molecule has 160 valence electrons. The van der Waals surface area contributed by atoms with Crippen molar-refractivity contribution in [1.82, 2.24) is 0 Å². The molecule has 0 bridgehead atoms. The first-order valence-corrected chi connectivity index (χ1v) is 12.8. The molecule has 0 amide bonds. The van der Waals surface area contributed by atoms with Crippen LogP contribution in [0.3, 0.4) is 0 Å². The third kappa shape index (κ3) is 3.52. The Balaban J connectivity index is 1.43. The molecule has 1 heteroatoms. The van der Waals surface area contributed by atoms with Crippen LogP contribution in [0.2, 0.25) is 0 Å². The fraction of sp³-hybridized carbons (Fsp3) is 0.926. The van der Waals surface area contributed by atoms with Crippen LogP contribution in [0.1, 0.15) is 111 Å². The molecule has 8 atom stereocenters. The Kier molecular flexibility index (Phi) is 6.05. The van der Waals surface area contributed by atoms with Crippen molar-refractivity contribution in [3.63, 3.8) is 0 Å². The Labute approximate surface area is 175 Å². The molecule has 0 aliphatic heterocycles. The van der Waals surface area contributed by atoms with Crippen molar-refractivity contribution < 1.29 is 0 Å². The summed E-state index contributed by atoms with van der Waals surface area (Å²) < 4.78 is 0. The van der Waals surface area contributed by atoms with Gasteiger partial charge in [0.1, 0.15) is 0 Å². The second-order valence-electron chi connectivity index (χ2n) is 11.9. The van der Waals surface area contributed by atoms with Crippen molar-refractivity contribution in [3.05, 3.63) is 11.6 Å². The first kappa shape index (κ1) is 21.0. The van der Waals surface area contributed by atoms with Crippen molar-refractivity contribution in [3.8, 4) is 0 Å². The van der Waals surface area contributed by atoms with Crippen molar-refractivity contribution in [2.75, 3.05) is 0 Å². The molecule has 2 N–H and O–H groups in total. The fourth-order valence-corrected chi connectivity index (χ4v) is 8.62. The average Bonchev–Trinajstić information content (AvgIpc) is 2.99. The lowest BCUT2D eigenvalue weighted by molar-refractivity contribution is -0.0435. The predicted octanol–water partition coefficient (Wildman–Crippen LogP) is 7.50. The summed E-state index contributed by atoms with van der Waals surface area (Å²) in [5.41, 5.74) is 9.21. The summed E-state index contributed by atoms with van der Waals surface area (Å²) in [6.45, 7) is 10.1. The van der Waals surface area contributed by atoms with Crippen molar-refractivity contribution in [1.29, 1.82) is 0 Å². The van der Waals surface area contributed by atoms with Gasteiger partial charge in [0.2, 0.25) is 0 Å². The molecular weight excluding hydrogens is 338 g/mol. The molecule has 4 rings (SSSR count). The van der Waals surface area contributed by atoms with Gasteiger partial charge in [0.05, 0.1) is 0 Å². The topological polar surface area (TPSA) is 26.0 Å². The molecular formula is C27H47N. The van der Waals surface area contributed by atoms with Crippen LogP contribution in [-0.2, 0) is 0 Å². The molecule has 0 heterocycles. The lowest BCUT2D eigenvalue weighted by Crippen LogP contribution is -2.51. The van der Waals surface area contributed by atoms with Gasteiger partial charge in [-0.15, -0.1) is 0 Å². The maximum absolute atomic E-state index is 6.34. The van der Waals surface area contributed by atoms with Crippen LogP contribution in [-0.4, -0.2) is 6.04 Å². The van der Waals surface area contributed by atoms with Crippen LogP contribution in [0, 0.1) is 40.4 Å². The quantitative estimate of drug-likeness (QED) is 0.471. The highest BCUT2D eigenvalue weighted by Crippen LogP contribution is 2.66. The molecule has 0 aromatic rings. The molecule has 0 aromatic carbocycles. The summed E-state index contributed by atoms with van der Waals surface area (Å²) in [4.78, 5) is 0. The zero-order chi connectivity index (χ0) is 19.9. The predicted molar refractivity (Wildman–Crippen MR) is 121 cm³/mol. The van der Waals surface area contributed by atoms with Crippen molar-refractivity contribution in [2.24, 2.45) is 46.2 Å². The summed E-state index contributed by atoms with van der Waals surface area (Å²) in [5, 5.41) is 0. The smallest absolute Gasteiger partial charge is 0.00766 e. The monoisotopic (exact) mass is 385 g/mol. The average molecular weight is 386 g/mol. The van der Waals surface area contributed by atoms with Gasteiger partial charge >= 0.3 is 0 Å². The highest BCUT2D eigenvalue weighted by atomic mass is 14.7. The molecule has 3 saturated carbocycles. The molecule has 28 heavy (non-hydrogen) atoms. The lowest BCUT2D eigenvalue weighted by atomic mass is 9.47. The standard InChI is InChI=1S/C27H47N/c1-5-7-19(2)8-6-9-20-11-13-24-23-12-10-21-18-22(28)14-16-27(21,4)25(23)15-17-26(20,24)3/h10,19-20,22-25H,5-9,11-18,28H2,1-4H3. The number of rotatable bonds is 6. The first-order valence-electron chi connectivity index (χ1n) is 12.8. The van der Waals surface area contributed by atoms with Gasteiger partial charge in [-0.25, -0.2) is 0 Å². The van der Waals surface area contributed by atoms with Gasteiger partial charge in [-0.05, 0) is 98.2 Å². The molecule has 4 aliphatic rings. The van der Waals surface area contributed by atoms with E-state index >= 15 is 0 Å². The SMILES string of the molecule is CCCC(C)CCCC1CCC2C3CC=C4CC(N)CCC4(C)C3CCC12C. The highest BCUT2D eigenvalue weighted by molar-refractivity contribution is 5.25. The van der Waals surface area contributed by atoms with Crippen molar-refractivity contribution >= 4 is 0 Å². The lowest BCUT2D eigenvalue weighted by Gasteiger charge is -2.58. The van der Waals surface area contributed by atoms with Crippen LogP contribution in [0.15, 0.2) is 11.6 Å². The van der Waals surface area contributed by atoms with Crippen LogP contribution < -0.4 is 5.73 Å². The Morgan fingerprint density at radius 1 is 1.07 bits per heavy atom. The summed E-state index contributed by atoms with van der Waals surface area (Å²) >= 11 is 0. The minimum absolute atomic E-state index is 0.427. The Bertz CT molecular complexity index is 579. The van der Waals surface area contributed by atoms with Gasteiger partial charge in [0.25, 0.3) is 0 Å². The second kappa shape index (κ2) is 8.09. The largest absolute Gasteiger partial charge is 0.327 e. The molecule has 0 radical (unpaired) electrons. The zero-order valence-electron chi connectivity index (χ0n) is 19.3. The highest BCUT2D eigenvalue weighted by Gasteiger charge is 2.58. The van der Waals surface area contributed by atoms with E-state index in [-0.39, 0.29) is 0 Å². The van der Waals surface area contributed by atoms with Crippen LogP contribution in [0.25, 0.3) is 0 Å². The number of hydrogen-bond donors (Lipinski definition) is 1. The third-order valence-electron chi connectivity index (χ3n) is 10.4. The van der Waals surface area contributed by atoms with Gasteiger partial charge in [-0.3, -0.25) is 0 Å². The summed E-state index contributed by atoms with van der Waals surface area (Å²) in [7, 11) is 0. The molecule has 0 aromatic heterocycles. The van der Waals surface area contributed by atoms with Gasteiger partial charge in [-0.2, -0.15) is 0 Å². The molecule has 1 nitrogen and oxygen atoms in total.